The fourth-order valence-electron chi connectivity index (χ4n) is 2.09. The van der Waals surface area contributed by atoms with E-state index in [1.54, 1.807) is 11.3 Å². The van der Waals surface area contributed by atoms with Crippen LogP contribution < -0.4 is 0 Å². The van der Waals surface area contributed by atoms with Crippen LogP contribution >= 0.6 is 11.3 Å². The van der Waals surface area contributed by atoms with Crippen LogP contribution in [0.25, 0.3) is 0 Å². The Labute approximate surface area is 83.0 Å². The highest BCUT2D eigenvalue weighted by Crippen LogP contribution is 2.42. The van der Waals surface area contributed by atoms with E-state index < -0.39 is 0 Å². The molecular weight excluding hydrogens is 182 g/mol. The summed E-state index contributed by atoms with van der Waals surface area (Å²) < 4.78 is 5.88. The van der Waals surface area contributed by atoms with E-state index in [0.717, 1.165) is 19.4 Å². The minimum atomic E-state index is -0.0249. The number of aromatic nitrogens is 1. The smallest absolute Gasteiger partial charge is 0.125 e. The molecule has 13 heavy (non-hydrogen) atoms. The van der Waals surface area contributed by atoms with Crippen molar-refractivity contribution in [3.05, 3.63) is 16.6 Å². The van der Waals surface area contributed by atoms with Crippen LogP contribution in [0.2, 0.25) is 0 Å². The van der Waals surface area contributed by atoms with Gasteiger partial charge in [-0.15, -0.1) is 11.3 Å². The standard InChI is InChI=1S/C10H15NOS/c1-2-12-10(5-3-4-6-10)9-11-7-8-13-9/h7-8H,2-6H2,1H3. The van der Waals surface area contributed by atoms with E-state index in [4.69, 9.17) is 4.74 Å². The number of hydrogen-bond acceptors (Lipinski definition) is 3. The summed E-state index contributed by atoms with van der Waals surface area (Å²) in [5, 5.41) is 3.21. The molecule has 0 unspecified atom stereocenters. The number of ether oxygens (including phenoxy) is 1. The van der Waals surface area contributed by atoms with Gasteiger partial charge in [0.25, 0.3) is 0 Å². The zero-order valence-corrected chi connectivity index (χ0v) is 8.77. The summed E-state index contributed by atoms with van der Waals surface area (Å²) in [4.78, 5) is 4.38. The predicted octanol–water partition coefficient (Wildman–Crippen LogP) is 2.95. The van der Waals surface area contributed by atoms with Gasteiger partial charge in [0.2, 0.25) is 0 Å². The largest absolute Gasteiger partial charge is 0.368 e. The van der Waals surface area contributed by atoms with Gasteiger partial charge in [-0.1, -0.05) is 12.8 Å². The Bertz CT molecular complexity index is 252. The predicted molar refractivity (Wildman–Crippen MR) is 53.9 cm³/mol. The summed E-state index contributed by atoms with van der Waals surface area (Å²) >= 11 is 1.72. The Morgan fingerprint density at radius 2 is 2.31 bits per heavy atom. The van der Waals surface area contributed by atoms with E-state index in [2.05, 4.69) is 11.9 Å². The topological polar surface area (TPSA) is 22.1 Å². The molecule has 0 spiro atoms. The molecule has 1 fully saturated rings. The first kappa shape index (κ1) is 9.16. The first-order valence-corrected chi connectivity index (χ1v) is 5.79. The Morgan fingerprint density at radius 1 is 1.54 bits per heavy atom. The van der Waals surface area contributed by atoms with E-state index in [0.29, 0.717) is 0 Å². The second-order valence-electron chi connectivity index (χ2n) is 3.47. The minimum Gasteiger partial charge on any atom is -0.368 e. The number of thiazole rings is 1. The lowest BCUT2D eigenvalue weighted by atomic mass is 10.0. The molecule has 3 heteroatoms. The molecule has 1 aliphatic carbocycles. The molecule has 1 aromatic rings. The minimum absolute atomic E-state index is 0.0249. The third-order valence-corrected chi connectivity index (χ3v) is 3.61. The van der Waals surface area contributed by atoms with Gasteiger partial charge in [-0.25, -0.2) is 4.98 Å². The molecule has 0 atom stereocenters. The molecule has 1 aliphatic rings. The average Bonchev–Trinajstić information content (AvgIpc) is 2.73. The second kappa shape index (κ2) is 3.76. The number of hydrogen-bond donors (Lipinski definition) is 0. The van der Waals surface area contributed by atoms with Crippen LogP contribution in [0.15, 0.2) is 11.6 Å². The van der Waals surface area contributed by atoms with Crippen LogP contribution in [-0.2, 0) is 10.3 Å². The first-order chi connectivity index (χ1) is 6.37. The van der Waals surface area contributed by atoms with Gasteiger partial charge in [0.1, 0.15) is 10.6 Å². The molecule has 1 saturated carbocycles. The van der Waals surface area contributed by atoms with Gasteiger partial charge in [-0.3, -0.25) is 0 Å². The van der Waals surface area contributed by atoms with E-state index in [1.807, 2.05) is 11.6 Å². The molecule has 0 radical (unpaired) electrons. The zero-order valence-electron chi connectivity index (χ0n) is 7.95. The molecule has 0 aromatic carbocycles. The van der Waals surface area contributed by atoms with Crippen molar-refractivity contribution in [2.24, 2.45) is 0 Å². The van der Waals surface area contributed by atoms with Crippen molar-refractivity contribution in [3.8, 4) is 0 Å². The monoisotopic (exact) mass is 197 g/mol. The summed E-state index contributed by atoms with van der Waals surface area (Å²) in [6, 6.07) is 0. The van der Waals surface area contributed by atoms with Crippen LogP contribution in [0, 0.1) is 0 Å². The normalized spacial score (nSPS) is 20.7. The Morgan fingerprint density at radius 3 is 2.85 bits per heavy atom. The molecule has 1 aromatic heterocycles. The van der Waals surface area contributed by atoms with Crippen LogP contribution in [0.3, 0.4) is 0 Å². The highest BCUT2D eigenvalue weighted by atomic mass is 32.1. The maximum atomic E-state index is 5.88. The van der Waals surface area contributed by atoms with Gasteiger partial charge in [-0.2, -0.15) is 0 Å². The first-order valence-electron chi connectivity index (χ1n) is 4.91. The fourth-order valence-corrected chi connectivity index (χ4v) is 2.94. The van der Waals surface area contributed by atoms with E-state index >= 15 is 0 Å². The summed E-state index contributed by atoms with van der Waals surface area (Å²) in [5.74, 6) is 0. The van der Waals surface area contributed by atoms with E-state index in [9.17, 15) is 0 Å². The molecule has 0 bridgehead atoms. The Hall–Kier alpha value is -0.410. The van der Waals surface area contributed by atoms with Gasteiger partial charge >= 0.3 is 0 Å². The number of rotatable bonds is 3. The van der Waals surface area contributed by atoms with E-state index in [-0.39, 0.29) is 5.60 Å². The lowest BCUT2D eigenvalue weighted by Crippen LogP contribution is -2.25. The summed E-state index contributed by atoms with van der Waals surface area (Å²) in [6.07, 6.45) is 6.72. The molecule has 0 saturated heterocycles. The quantitative estimate of drug-likeness (QED) is 0.743. The maximum Gasteiger partial charge on any atom is 0.125 e. The zero-order chi connectivity index (χ0) is 9.15. The summed E-state index contributed by atoms with van der Waals surface area (Å²) in [6.45, 7) is 2.85. The third kappa shape index (κ3) is 1.63. The van der Waals surface area contributed by atoms with Crippen molar-refractivity contribution in [2.45, 2.75) is 38.2 Å². The van der Waals surface area contributed by atoms with Gasteiger partial charge < -0.3 is 4.74 Å². The van der Waals surface area contributed by atoms with Gasteiger partial charge in [0, 0.05) is 18.2 Å². The molecule has 0 amide bonds. The second-order valence-corrected chi connectivity index (χ2v) is 4.37. The summed E-state index contributed by atoms with van der Waals surface area (Å²) in [5.41, 5.74) is -0.0249. The highest BCUT2D eigenvalue weighted by molar-refractivity contribution is 7.09. The van der Waals surface area contributed by atoms with E-state index in [1.165, 1.54) is 17.8 Å². The molecule has 0 N–H and O–H groups in total. The van der Waals surface area contributed by atoms with Crippen molar-refractivity contribution < 1.29 is 4.74 Å². The Kier molecular flexibility index (Phi) is 2.65. The van der Waals surface area contributed by atoms with Crippen molar-refractivity contribution in [1.29, 1.82) is 0 Å². The highest BCUT2D eigenvalue weighted by Gasteiger charge is 2.38. The van der Waals surface area contributed by atoms with Crippen molar-refractivity contribution in [1.82, 2.24) is 4.98 Å². The third-order valence-electron chi connectivity index (χ3n) is 2.65. The van der Waals surface area contributed by atoms with Crippen molar-refractivity contribution >= 4 is 11.3 Å². The molecule has 1 heterocycles. The fraction of sp³-hybridized carbons (Fsp3) is 0.700. The van der Waals surface area contributed by atoms with Gasteiger partial charge in [0.05, 0.1) is 0 Å². The van der Waals surface area contributed by atoms with Crippen LogP contribution in [0.5, 0.6) is 0 Å². The van der Waals surface area contributed by atoms with Crippen LogP contribution in [0.4, 0.5) is 0 Å². The van der Waals surface area contributed by atoms with Gasteiger partial charge in [-0.05, 0) is 19.8 Å². The molecule has 2 rings (SSSR count). The lowest BCUT2D eigenvalue weighted by Gasteiger charge is -2.26. The average molecular weight is 197 g/mol. The Balaban J connectivity index is 2.22. The summed E-state index contributed by atoms with van der Waals surface area (Å²) in [7, 11) is 0. The molecule has 72 valence electrons. The molecular formula is C10H15NOS. The van der Waals surface area contributed by atoms with Crippen LogP contribution in [-0.4, -0.2) is 11.6 Å². The van der Waals surface area contributed by atoms with Crippen molar-refractivity contribution in [3.63, 3.8) is 0 Å². The van der Waals surface area contributed by atoms with Crippen LogP contribution in [0.1, 0.15) is 37.6 Å². The molecule has 0 aliphatic heterocycles. The number of nitrogens with zero attached hydrogens (tertiary/aromatic N) is 1. The maximum absolute atomic E-state index is 5.88. The van der Waals surface area contributed by atoms with Gasteiger partial charge in [0.15, 0.2) is 0 Å². The molecule has 2 nitrogen and oxygen atoms in total. The SMILES string of the molecule is CCOC1(c2nccs2)CCCC1. The van der Waals surface area contributed by atoms with Crippen molar-refractivity contribution in [2.75, 3.05) is 6.61 Å². The lowest BCUT2D eigenvalue weighted by molar-refractivity contribution is -0.0391.